The molecule has 0 aromatic heterocycles. The van der Waals surface area contributed by atoms with Crippen LogP contribution in [0.3, 0.4) is 0 Å². The van der Waals surface area contributed by atoms with E-state index in [2.05, 4.69) is 5.32 Å². The van der Waals surface area contributed by atoms with E-state index in [0.717, 1.165) is 5.56 Å². The Hall–Kier alpha value is -2.44. The Balaban J connectivity index is 1.94. The highest BCUT2D eigenvalue weighted by molar-refractivity contribution is 6.42. The van der Waals surface area contributed by atoms with Gasteiger partial charge in [-0.1, -0.05) is 29.3 Å². The molecule has 0 aliphatic rings. The quantitative estimate of drug-likeness (QED) is 0.756. The van der Waals surface area contributed by atoms with Crippen LogP contribution in [-0.4, -0.2) is 44.5 Å². The summed E-state index contributed by atoms with van der Waals surface area (Å²) in [7, 11) is 4.64. The van der Waals surface area contributed by atoms with E-state index in [0.29, 0.717) is 27.2 Å². The number of hydrogen-bond acceptors (Lipinski definition) is 4. The number of rotatable bonds is 7. The fourth-order valence-corrected chi connectivity index (χ4v) is 2.68. The summed E-state index contributed by atoms with van der Waals surface area (Å²) in [6.07, 6.45) is 0.136. The molecule has 0 atom stereocenters. The molecule has 6 nitrogen and oxygen atoms in total. The molecule has 0 bridgehead atoms. The average Bonchev–Trinajstić information content (AvgIpc) is 2.64. The predicted octanol–water partition coefficient (Wildman–Crippen LogP) is 3.65. The highest BCUT2D eigenvalue weighted by atomic mass is 35.5. The maximum atomic E-state index is 12.4. The lowest BCUT2D eigenvalue weighted by molar-refractivity contribution is -0.132. The van der Waals surface area contributed by atoms with Crippen LogP contribution in [0.2, 0.25) is 10.0 Å². The van der Waals surface area contributed by atoms with Gasteiger partial charge in [0.25, 0.3) is 0 Å². The standard InChI is InChI=1S/C19H20Cl2N2O4/c1-23(11-18(24)22-13-5-6-14(20)15(21)10-13)19(25)9-12-4-7-16(26-2)17(8-12)27-3/h4-8,10H,9,11H2,1-3H3,(H,22,24). The molecule has 144 valence electrons. The number of methoxy groups -OCH3 is 2. The van der Waals surface area contributed by atoms with Gasteiger partial charge >= 0.3 is 0 Å². The van der Waals surface area contributed by atoms with Gasteiger partial charge < -0.3 is 19.7 Å². The topological polar surface area (TPSA) is 67.9 Å². The van der Waals surface area contributed by atoms with Crippen molar-refractivity contribution in [3.8, 4) is 11.5 Å². The number of carbonyl (C=O) groups excluding carboxylic acids is 2. The van der Waals surface area contributed by atoms with Crippen LogP contribution in [0, 0.1) is 0 Å². The summed E-state index contributed by atoms with van der Waals surface area (Å²) in [4.78, 5) is 25.9. The van der Waals surface area contributed by atoms with Crippen LogP contribution >= 0.6 is 23.2 Å². The van der Waals surface area contributed by atoms with Crippen molar-refractivity contribution in [1.82, 2.24) is 4.90 Å². The van der Waals surface area contributed by atoms with Gasteiger partial charge in [0.15, 0.2) is 11.5 Å². The number of halogens is 2. The average molecular weight is 411 g/mol. The Labute approximate surface area is 168 Å². The molecule has 0 aliphatic heterocycles. The lowest BCUT2D eigenvalue weighted by Crippen LogP contribution is -2.35. The largest absolute Gasteiger partial charge is 0.493 e. The SMILES string of the molecule is COc1ccc(CC(=O)N(C)CC(=O)Nc2ccc(Cl)c(Cl)c2)cc1OC. The molecule has 8 heteroatoms. The highest BCUT2D eigenvalue weighted by Gasteiger charge is 2.15. The van der Waals surface area contributed by atoms with E-state index in [1.165, 1.54) is 12.0 Å². The van der Waals surface area contributed by atoms with E-state index in [9.17, 15) is 9.59 Å². The van der Waals surface area contributed by atoms with Gasteiger partial charge in [-0.25, -0.2) is 0 Å². The molecule has 2 aromatic carbocycles. The number of ether oxygens (including phenoxy) is 2. The van der Waals surface area contributed by atoms with E-state index in [1.54, 1.807) is 50.6 Å². The number of amides is 2. The summed E-state index contributed by atoms with van der Waals surface area (Å²) in [6, 6.07) is 10.0. The van der Waals surface area contributed by atoms with Crippen LogP contribution in [0.5, 0.6) is 11.5 Å². The van der Waals surface area contributed by atoms with Gasteiger partial charge in [0.05, 0.1) is 37.2 Å². The number of anilines is 1. The molecule has 2 aromatic rings. The maximum absolute atomic E-state index is 12.4. The number of nitrogens with one attached hydrogen (secondary N) is 1. The van der Waals surface area contributed by atoms with Gasteiger partial charge in [0.1, 0.15) is 0 Å². The first-order valence-electron chi connectivity index (χ1n) is 8.03. The summed E-state index contributed by atoms with van der Waals surface area (Å²) in [5, 5.41) is 3.42. The first kappa shape index (κ1) is 20.9. The van der Waals surface area contributed by atoms with Crippen LogP contribution in [0.4, 0.5) is 5.69 Å². The first-order chi connectivity index (χ1) is 12.8. The molecule has 2 rings (SSSR count). The fourth-order valence-electron chi connectivity index (χ4n) is 2.38. The van der Waals surface area contributed by atoms with Gasteiger partial charge in [-0.2, -0.15) is 0 Å². The van der Waals surface area contributed by atoms with Crippen LogP contribution in [0.15, 0.2) is 36.4 Å². The minimum absolute atomic E-state index is 0.0909. The third kappa shape index (κ3) is 5.77. The second-order valence-electron chi connectivity index (χ2n) is 5.79. The smallest absolute Gasteiger partial charge is 0.243 e. The van der Waals surface area contributed by atoms with E-state index < -0.39 is 0 Å². The lowest BCUT2D eigenvalue weighted by Gasteiger charge is -2.17. The summed E-state index contributed by atoms with van der Waals surface area (Å²) in [6.45, 7) is -0.0909. The van der Waals surface area contributed by atoms with Crippen LogP contribution in [-0.2, 0) is 16.0 Å². The van der Waals surface area contributed by atoms with Crippen molar-refractivity contribution in [2.45, 2.75) is 6.42 Å². The number of likely N-dealkylation sites (N-methyl/N-ethyl adjacent to an activating group) is 1. The zero-order valence-electron chi connectivity index (χ0n) is 15.2. The molecule has 0 radical (unpaired) electrons. The Bertz CT molecular complexity index is 842. The van der Waals surface area contributed by atoms with E-state index >= 15 is 0 Å². The van der Waals surface area contributed by atoms with Crippen molar-refractivity contribution < 1.29 is 19.1 Å². The molecule has 1 N–H and O–H groups in total. The number of nitrogens with zero attached hydrogens (tertiary/aromatic N) is 1. The maximum Gasteiger partial charge on any atom is 0.243 e. The summed E-state index contributed by atoms with van der Waals surface area (Å²) < 4.78 is 10.4. The zero-order valence-corrected chi connectivity index (χ0v) is 16.7. The molecule has 0 aliphatic carbocycles. The highest BCUT2D eigenvalue weighted by Crippen LogP contribution is 2.28. The van der Waals surface area contributed by atoms with E-state index in [4.69, 9.17) is 32.7 Å². The van der Waals surface area contributed by atoms with Crippen molar-refractivity contribution in [1.29, 1.82) is 0 Å². The minimum atomic E-state index is -0.337. The fraction of sp³-hybridized carbons (Fsp3) is 0.263. The van der Waals surface area contributed by atoms with E-state index in [-0.39, 0.29) is 24.8 Å². The first-order valence-corrected chi connectivity index (χ1v) is 8.79. The van der Waals surface area contributed by atoms with Gasteiger partial charge in [-0.3, -0.25) is 9.59 Å². The van der Waals surface area contributed by atoms with Gasteiger partial charge in [-0.15, -0.1) is 0 Å². The van der Waals surface area contributed by atoms with Crippen LogP contribution in [0.25, 0.3) is 0 Å². The van der Waals surface area contributed by atoms with Crippen LogP contribution < -0.4 is 14.8 Å². The van der Waals surface area contributed by atoms with Gasteiger partial charge in [0, 0.05) is 12.7 Å². The minimum Gasteiger partial charge on any atom is -0.493 e. The van der Waals surface area contributed by atoms with E-state index in [1.807, 2.05) is 0 Å². The molecule has 2 amide bonds. The molecule has 0 saturated heterocycles. The lowest BCUT2D eigenvalue weighted by atomic mass is 10.1. The molecule has 27 heavy (non-hydrogen) atoms. The predicted molar refractivity (Wildman–Crippen MR) is 106 cm³/mol. The molecule has 0 saturated carbocycles. The van der Waals surface area contributed by atoms with Crippen molar-refractivity contribution in [3.05, 3.63) is 52.0 Å². The number of benzene rings is 2. The third-order valence-electron chi connectivity index (χ3n) is 3.81. The van der Waals surface area contributed by atoms with Crippen molar-refractivity contribution in [2.75, 3.05) is 33.1 Å². The van der Waals surface area contributed by atoms with Crippen molar-refractivity contribution >= 4 is 40.7 Å². The summed E-state index contributed by atoms with van der Waals surface area (Å²) >= 11 is 11.8. The summed E-state index contributed by atoms with van der Waals surface area (Å²) in [5.74, 6) is 0.592. The molecular weight excluding hydrogens is 391 g/mol. The Morgan fingerprint density at radius 2 is 1.70 bits per heavy atom. The number of carbonyl (C=O) groups is 2. The van der Waals surface area contributed by atoms with Crippen molar-refractivity contribution in [2.24, 2.45) is 0 Å². The molecular formula is C19H20Cl2N2O4. The Morgan fingerprint density at radius 1 is 1.00 bits per heavy atom. The molecule has 0 heterocycles. The number of hydrogen-bond donors (Lipinski definition) is 1. The monoisotopic (exact) mass is 410 g/mol. The molecule has 0 unspecified atom stereocenters. The van der Waals surface area contributed by atoms with Crippen LogP contribution in [0.1, 0.15) is 5.56 Å². The normalized spacial score (nSPS) is 10.3. The third-order valence-corrected chi connectivity index (χ3v) is 4.55. The second kappa shape index (κ2) is 9.48. The molecule has 0 fully saturated rings. The Kier molecular flexibility index (Phi) is 7.33. The second-order valence-corrected chi connectivity index (χ2v) is 6.61. The van der Waals surface area contributed by atoms with Crippen molar-refractivity contribution in [3.63, 3.8) is 0 Å². The summed E-state index contributed by atoms with van der Waals surface area (Å²) in [5.41, 5.74) is 1.27. The zero-order chi connectivity index (χ0) is 20.0. The Morgan fingerprint density at radius 3 is 2.33 bits per heavy atom. The molecule has 0 spiro atoms. The van der Waals surface area contributed by atoms with Gasteiger partial charge in [-0.05, 0) is 35.9 Å². The van der Waals surface area contributed by atoms with Gasteiger partial charge in [0.2, 0.25) is 11.8 Å².